The van der Waals surface area contributed by atoms with Crippen LogP contribution in [0.2, 0.25) is 0 Å². The van der Waals surface area contributed by atoms with Crippen molar-refractivity contribution >= 4 is 17.7 Å². The molecular weight excluding hydrogens is 330 g/mol. The van der Waals surface area contributed by atoms with Gasteiger partial charge in [-0.3, -0.25) is 4.79 Å². The molecular formula is C17H20F2N4O2. The highest BCUT2D eigenvalue weighted by atomic mass is 19.3. The van der Waals surface area contributed by atoms with E-state index in [0.717, 1.165) is 13.0 Å². The predicted octanol–water partition coefficient (Wildman–Crippen LogP) is 2.02. The molecule has 0 amide bonds. The van der Waals surface area contributed by atoms with Gasteiger partial charge in [0.1, 0.15) is 11.5 Å². The number of aliphatic carboxylic acids is 1. The van der Waals surface area contributed by atoms with E-state index in [1.54, 1.807) is 0 Å². The van der Waals surface area contributed by atoms with Gasteiger partial charge in [0, 0.05) is 43.1 Å². The Morgan fingerprint density at radius 3 is 2.64 bits per heavy atom. The Kier molecular flexibility index (Phi) is 2.81. The van der Waals surface area contributed by atoms with Crippen molar-refractivity contribution in [3.8, 4) is 0 Å². The lowest BCUT2D eigenvalue weighted by atomic mass is 9.93. The van der Waals surface area contributed by atoms with Crippen LogP contribution in [0.5, 0.6) is 0 Å². The first-order valence-electron chi connectivity index (χ1n) is 8.84. The van der Waals surface area contributed by atoms with Gasteiger partial charge in [-0.25, -0.2) is 4.98 Å². The molecule has 1 spiro atoms. The molecule has 2 aliphatic heterocycles. The molecule has 134 valence electrons. The van der Waals surface area contributed by atoms with Gasteiger partial charge in [0.2, 0.25) is 5.95 Å². The summed E-state index contributed by atoms with van der Waals surface area (Å²) in [5.74, 6) is -2.97. The molecule has 1 aromatic heterocycles. The van der Waals surface area contributed by atoms with E-state index in [1.807, 2.05) is 16.7 Å². The number of anilines is 2. The standard InChI is InChI=1S/C17H20F2N4O2/c1-9-3-5-23(9)15-20-12-10(2-4-17(12,18)19)13(21-15)22-7-16(8-22)6-11(16)14(24)25/h9,11H,2-8H2,1H3,(H,24,25)/t9-,11-/m0/s1. The van der Waals surface area contributed by atoms with E-state index < -0.39 is 11.9 Å². The topological polar surface area (TPSA) is 69.6 Å². The Morgan fingerprint density at radius 1 is 1.32 bits per heavy atom. The number of rotatable bonds is 3. The normalized spacial score (nSPS) is 30.7. The van der Waals surface area contributed by atoms with Crippen LogP contribution in [0, 0.1) is 11.3 Å². The van der Waals surface area contributed by atoms with Crippen LogP contribution in [0.15, 0.2) is 0 Å². The van der Waals surface area contributed by atoms with Crippen LogP contribution in [0.3, 0.4) is 0 Å². The van der Waals surface area contributed by atoms with Crippen molar-refractivity contribution in [3.05, 3.63) is 11.3 Å². The third-order valence-corrected chi connectivity index (χ3v) is 6.38. The van der Waals surface area contributed by atoms with Gasteiger partial charge >= 0.3 is 5.97 Å². The molecule has 6 nitrogen and oxygen atoms in total. The third-order valence-electron chi connectivity index (χ3n) is 6.38. The maximum Gasteiger partial charge on any atom is 0.307 e. The maximum absolute atomic E-state index is 14.3. The van der Waals surface area contributed by atoms with Crippen LogP contribution >= 0.6 is 0 Å². The summed E-state index contributed by atoms with van der Waals surface area (Å²) in [7, 11) is 0. The molecule has 25 heavy (non-hydrogen) atoms. The van der Waals surface area contributed by atoms with Gasteiger partial charge in [-0.05, 0) is 26.2 Å². The molecule has 3 fully saturated rings. The van der Waals surface area contributed by atoms with E-state index in [-0.39, 0.29) is 35.9 Å². The smallest absolute Gasteiger partial charge is 0.307 e. The van der Waals surface area contributed by atoms with Gasteiger partial charge in [0.25, 0.3) is 5.92 Å². The first-order valence-corrected chi connectivity index (χ1v) is 8.84. The zero-order valence-electron chi connectivity index (χ0n) is 14.0. The molecule has 1 saturated carbocycles. The molecule has 4 aliphatic rings. The predicted molar refractivity (Wildman–Crippen MR) is 86.1 cm³/mol. The van der Waals surface area contributed by atoms with Crippen LogP contribution in [0.1, 0.15) is 37.4 Å². The Labute approximate surface area is 143 Å². The van der Waals surface area contributed by atoms with Crippen LogP contribution < -0.4 is 9.80 Å². The fourth-order valence-corrected chi connectivity index (χ4v) is 4.51. The van der Waals surface area contributed by atoms with Crippen molar-refractivity contribution in [2.45, 2.75) is 44.6 Å². The van der Waals surface area contributed by atoms with Crippen LogP contribution in [0.4, 0.5) is 20.5 Å². The lowest BCUT2D eigenvalue weighted by molar-refractivity contribution is -0.139. The molecule has 2 saturated heterocycles. The fraction of sp³-hybridized carbons (Fsp3) is 0.706. The zero-order chi connectivity index (χ0) is 17.6. The van der Waals surface area contributed by atoms with Crippen LogP contribution in [0.25, 0.3) is 0 Å². The molecule has 1 N–H and O–H groups in total. The van der Waals surface area contributed by atoms with Gasteiger partial charge in [-0.15, -0.1) is 0 Å². The minimum absolute atomic E-state index is 0.127. The second-order valence-corrected chi connectivity index (χ2v) is 8.02. The first-order chi connectivity index (χ1) is 11.8. The minimum Gasteiger partial charge on any atom is -0.481 e. The lowest BCUT2D eigenvalue weighted by Crippen LogP contribution is -2.52. The summed E-state index contributed by atoms with van der Waals surface area (Å²) in [6.07, 6.45) is 1.75. The number of carbonyl (C=O) groups is 1. The van der Waals surface area contributed by atoms with Gasteiger partial charge < -0.3 is 14.9 Å². The van der Waals surface area contributed by atoms with Crippen LogP contribution in [-0.4, -0.2) is 46.7 Å². The van der Waals surface area contributed by atoms with E-state index in [4.69, 9.17) is 5.11 Å². The average Bonchev–Trinajstić information content (AvgIpc) is 3.19. The quantitative estimate of drug-likeness (QED) is 0.900. The summed E-state index contributed by atoms with van der Waals surface area (Å²) in [4.78, 5) is 23.9. The summed E-state index contributed by atoms with van der Waals surface area (Å²) in [5.41, 5.74) is 0.247. The molecule has 0 radical (unpaired) electrons. The number of fused-ring (bicyclic) bond motifs is 1. The highest BCUT2D eigenvalue weighted by Gasteiger charge is 2.65. The summed E-state index contributed by atoms with van der Waals surface area (Å²) >= 11 is 0. The number of alkyl halides is 2. The van der Waals surface area contributed by atoms with Crippen LogP contribution in [-0.2, 0) is 17.1 Å². The zero-order valence-corrected chi connectivity index (χ0v) is 14.0. The van der Waals surface area contributed by atoms with E-state index in [2.05, 4.69) is 9.97 Å². The lowest BCUT2D eigenvalue weighted by Gasteiger charge is -2.43. The number of aromatic nitrogens is 2. The van der Waals surface area contributed by atoms with Gasteiger partial charge in [0.15, 0.2) is 0 Å². The number of carboxylic acid groups (broad SMARTS) is 1. The Balaban J connectivity index is 1.49. The summed E-state index contributed by atoms with van der Waals surface area (Å²) in [6.45, 7) is 4.01. The number of halogens is 2. The van der Waals surface area contributed by atoms with E-state index >= 15 is 0 Å². The first kappa shape index (κ1) is 15.3. The van der Waals surface area contributed by atoms with Gasteiger partial charge in [-0.1, -0.05) is 0 Å². The second-order valence-electron chi connectivity index (χ2n) is 8.02. The van der Waals surface area contributed by atoms with Gasteiger partial charge in [0.05, 0.1) is 5.92 Å². The molecule has 2 aliphatic carbocycles. The number of carboxylic acids is 1. The fourth-order valence-electron chi connectivity index (χ4n) is 4.51. The van der Waals surface area contributed by atoms with Crippen molar-refractivity contribution in [2.24, 2.45) is 11.3 Å². The number of hydrogen-bond donors (Lipinski definition) is 1. The molecule has 0 unspecified atom stereocenters. The molecule has 8 heteroatoms. The van der Waals surface area contributed by atoms with Crippen molar-refractivity contribution < 1.29 is 18.7 Å². The van der Waals surface area contributed by atoms with Crippen molar-refractivity contribution in [1.82, 2.24) is 9.97 Å². The minimum atomic E-state index is -2.90. The highest BCUT2D eigenvalue weighted by molar-refractivity contribution is 5.76. The molecule has 1 aromatic rings. The molecule has 0 bridgehead atoms. The Morgan fingerprint density at radius 2 is 2.08 bits per heavy atom. The Hall–Kier alpha value is -1.99. The Bertz CT molecular complexity index is 778. The molecule has 0 aromatic carbocycles. The average molecular weight is 350 g/mol. The van der Waals surface area contributed by atoms with Crippen molar-refractivity contribution in [1.29, 1.82) is 0 Å². The van der Waals surface area contributed by atoms with Gasteiger partial charge in [-0.2, -0.15) is 13.8 Å². The summed E-state index contributed by atoms with van der Waals surface area (Å²) in [5, 5.41) is 9.17. The van der Waals surface area contributed by atoms with Crippen molar-refractivity contribution in [3.63, 3.8) is 0 Å². The molecule has 5 rings (SSSR count). The van der Waals surface area contributed by atoms with E-state index in [9.17, 15) is 13.6 Å². The maximum atomic E-state index is 14.3. The van der Waals surface area contributed by atoms with E-state index in [1.165, 1.54) is 0 Å². The second kappa shape index (κ2) is 4.59. The molecule has 2 atom stereocenters. The van der Waals surface area contributed by atoms with E-state index in [0.29, 0.717) is 36.8 Å². The molecule has 3 heterocycles. The SMILES string of the molecule is C[C@H]1CCN1c1nc(N2CC3(C[C@H]3C(=O)O)C2)c2c(n1)C(F)(F)CC2. The van der Waals surface area contributed by atoms with Crippen molar-refractivity contribution in [2.75, 3.05) is 29.4 Å². The largest absolute Gasteiger partial charge is 0.481 e. The third kappa shape index (κ3) is 2.02. The monoisotopic (exact) mass is 350 g/mol. The number of nitrogens with zero attached hydrogens (tertiary/aromatic N) is 4. The highest BCUT2D eigenvalue weighted by Crippen LogP contribution is 2.60. The summed E-state index contributed by atoms with van der Waals surface area (Å²) in [6, 6.07) is 0.267. The summed E-state index contributed by atoms with van der Waals surface area (Å²) < 4.78 is 28.6. The number of hydrogen-bond acceptors (Lipinski definition) is 5.